The van der Waals surface area contributed by atoms with Gasteiger partial charge in [0.15, 0.2) is 0 Å². The number of anilines is 2. The molecule has 20 heavy (non-hydrogen) atoms. The minimum atomic E-state index is -0.120. The summed E-state index contributed by atoms with van der Waals surface area (Å²) < 4.78 is 0.917. The number of hydrogen-bond acceptors (Lipinski definition) is 3. The minimum absolute atomic E-state index is 0.120. The number of benzene rings is 2. The predicted molar refractivity (Wildman–Crippen MR) is 89.4 cm³/mol. The van der Waals surface area contributed by atoms with Crippen molar-refractivity contribution in [2.45, 2.75) is 4.90 Å². The number of amides is 1. The van der Waals surface area contributed by atoms with Crippen LogP contribution in [0.5, 0.6) is 0 Å². The van der Waals surface area contributed by atoms with Gasteiger partial charge in [-0.2, -0.15) is 0 Å². The molecule has 0 aliphatic heterocycles. The van der Waals surface area contributed by atoms with Gasteiger partial charge in [0.25, 0.3) is 0 Å². The lowest BCUT2D eigenvalue weighted by Gasteiger charge is -2.08. The molecule has 0 saturated heterocycles. The summed E-state index contributed by atoms with van der Waals surface area (Å²) in [6, 6.07) is 12.7. The van der Waals surface area contributed by atoms with E-state index in [0.717, 1.165) is 9.37 Å². The molecule has 0 atom stereocenters. The van der Waals surface area contributed by atoms with Crippen molar-refractivity contribution < 1.29 is 4.79 Å². The standard InChI is InChI=1S/C14H12BrClN2OS/c15-9-5-6-13(11(17)7-9)20-8-14(19)18-12-4-2-1-3-10(12)16/h1-7H,8,17H2,(H,18,19). The number of para-hydroxylation sites is 1. The number of nitrogens with one attached hydrogen (secondary N) is 1. The van der Waals surface area contributed by atoms with Crippen molar-refractivity contribution in [2.75, 3.05) is 16.8 Å². The minimum Gasteiger partial charge on any atom is -0.398 e. The SMILES string of the molecule is Nc1cc(Br)ccc1SCC(=O)Nc1ccccc1Cl. The number of carbonyl (C=O) groups excluding carboxylic acids is 1. The lowest BCUT2D eigenvalue weighted by molar-refractivity contribution is -0.113. The highest BCUT2D eigenvalue weighted by molar-refractivity contribution is 9.10. The molecule has 0 heterocycles. The number of carbonyl (C=O) groups is 1. The van der Waals surface area contributed by atoms with Crippen LogP contribution < -0.4 is 11.1 Å². The summed E-state index contributed by atoms with van der Waals surface area (Å²) in [6.07, 6.45) is 0. The normalized spacial score (nSPS) is 10.3. The van der Waals surface area contributed by atoms with Crippen molar-refractivity contribution in [3.05, 3.63) is 52.0 Å². The van der Waals surface area contributed by atoms with Gasteiger partial charge in [-0.15, -0.1) is 11.8 Å². The lowest BCUT2D eigenvalue weighted by atomic mass is 10.3. The number of thioether (sulfide) groups is 1. The second-order valence-electron chi connectivity index (χ2n) is 4.00. The van der Waals surface area contributed by atoms with Crippen LogP contribution in [0.15, 0.2) is 51.8 Å². The fourth-order valence-corrected chi connectivity index (χ4v) is 2.85. The molecule has 2 aromatic rings. The molecule has 3 nitrogen and oxygen atoms in total. The highest BCUT2D eigenvalue weighted by Crippen LogP contribution is 2.28. The van der Waals surface area contributed by atoms with E-state index in [0.29, 0.717) is 16.4 Å². The van der Waals surface area contributed by atoms with Crippen molar-refractivity contribution in [2.24, 2.45) is 0 Å². The Morgan fingerprint density at radius 3 is 2.75 bits per heavy atom. The number of nitrogen functional groups attached to an aromatic ring is 1. The molecule has 2 aromatic carbocycles. The average Bonchev–Trinajstić information content (AvgIpc) is 2.40. The summed E-state index contributed by atoms with van der Waals surface area (Å²) in [4.78, 5) is 12.8. The zero-order valence-electron chi connectivity index (χ0n) is 10.4. The maximum atomic E-state index is 11.9. The van der Waals surface area contributed by atoms with Gasteiger partial charge in [-0.1, -0.05) is 39.7 Å². The Morgan fingerprint density at radius 1 is 1.30 bits per heavy atom. The van der Waals surface area contributed by atoms with Gasteiger partial charge in [0.2, 0.25) is 5.91 Å². The van der Waals surface area contributed by atoms with Crippen LogP contribution in [0.1, 0.15) is 0 Å². The van der Waals surface area contributed by atoms with E-state index in [1.54, 1.807) is 12.1 Å². The van der Waals surface area contributed by atoms with Crippen LogP contribution in [0.4, 0.5) is 11.4 Å². The Bertz CT molecular complexity index is 636. The molecule has 0 aromatic heterocycles. The van der Waals surface area contributed by atoms with Crippen LogP contribution >= 0.6 is 39.3 Å². The zero-order chi connectivity index (χ0) is 14.5. The van der Waals surface area contributed by atoms with Gasteiger partial charge in [-0.05, 0) is 30.3 Å². The third-order valence-corrected chi connectivity index (χ3v) is 4.39. The molecule has 0 fully saturated rings. The Morgan fingerprint density at radius 2 is 2.05 bits per heavy atom. The first-order chi connectivity index (χ1) is 9.56. The van der Waals surface area contributed by atoms with Gasteiger partial charge in [0, 0.05) is 15.1 Å². The molecular formula is C14H12BrClN2OS. The first kappa shape index (κ1) is 15.2. The Kier molecular flexibility index (Phi) is 5.34. The molecule has 0 unspecified atom stereocenters. The van der Waals surface area contributed by atoms with E-state index in [1.165, 1.54) is 11.8 Å². The summed E-state index contributed by atoms with van der Waals surface area (Å²) in [6.45, 7) is 0. The number of rotatable bonds is 4. The van der Waals surface area contributed by atoms with Crippen LogP contribution in [0, 0.1) is 0 Å². The lowest BCUT2D eigenvalue weighted by Crippen LogP contribution is -2.14. The Labute approximate surface area is 135 Å². The molecule has 0 bridgehead atoms. The van der Waals surface area contributed by atoms with Crippen molar-refractivity contribution >= 4 is 56.6 Å². The van der Waals surface area contributed by atoms with Gasteiger partial charge in [-0.3, -0.25) is 4.79 Å². The monoisotopic (exact) mass is 370 g/mol. The zero-order valence-corrected chi connectivity index (χ0v) is 13.6. The fraction of sp³-hybridized carbons (Fsp3) is 0.0714. The van der Waals surface area contributed by atoms with Crippen LogP contribution in [-0.4, -0.2) is 11.7 Å². The summed E-state index contributed by atoms with van der Waals surface area (Å²) in [5.74, 6) is 0.155. The maximum Gasteiger partial charge on any atom is 0.234 e. The highest BCUT2D eigenvalue weighted by atomic mass is 79.9. The van der Waals surface area contributed by atoms with Gasteiger partial charge in [0.05, 0.1) is 16.5 Å². The van der Waals surface area contributed by atoms with Crippen molar-refractivity contribution in [3.8, 4) is 0 Å². The van der Waals surface area contributed by atoms with Gasteiger partial charge in [-0.25, -0.2) is 0 Å². The van der Waals surface area contributed by atoms with E-state index >= 15 is 0 Å². The van der Waals surface area contributed by atoms with E-state index in [2.05, 4.69) is 21.2 Å². The quantitative estimate of drug-likeness (QED) is 0.618. The molecule has 0 aliphatic carbocycles. The van der Waals surface area contributed by atoms with E-state index in [9.17, 15) is 4.79 Å². The average molecular weight is 372 g/mol. The summed E-state index contributed by atoms with van der Waals surface area (Å²) >= 11 is 10.7. The first-order valence-electron chi connectivity index (χ1n) is 5.78. The Hall–Kier alpha value is -1.17. The topological polar surface area (TPSA) is 55.1 Å². The molecule has 2 rings (SSSR count). The fourth-order valence-electron chi connectivity index (χ4n) is 1.54. The molecule has 0 saturated carbocycles. The molecule has 1 amide bonds. The third-order valence-electron chi connectivity index (χ3n) is 2.48. The summed E-state index contributed by atoms with van der Waals surface area (Å²) in [5, 5.41) is 3.29. The molecular weight excluding hydrogens is 360 g/mol. The van der Waals surface area contributed by atoms with Gasteiger partial charge in [0.1, 0.15) is 0 Å². The number of hydrogen-bond donors (Lipinski definition) is 2. The van der Waals surface area contributed by atoms with Crippen molar-refractivity contribution in [1.29, 1.82) is 0 Å². The van der Waals surface area contributed by atoms with E-state index in [4.69, 9.17) is 17.3 Å². The van der Waals surface area contributed by atoms with Crippen LogP contribution in [0.3, 0.4) is 0 Å². The molecule has 0 aliphatic rings. The highest BCUT2D eigenvalue weighted by Gasteiger charge is 2.07. The van der Waals surface area contributed by atoms with Crippen molar-refractivity contribution in [3.63, 3.8) is 0 Å². The third kappa shape index (κ3) is 4.16. The molecule has 0 spiro atoms. The smallest absolute Gasteiger partial charge is 0.234 e. The number of halogens is 2. The van der Waals surface area contributed by atoms with E-state index < -0.39 is 0 Å². The second kappa shape index (κ2) is 7.02. The largest absolute Gasteiger partial charge is 0.398 e. The molecule has 6 heteroatoms. The van der Waals surface area contributed by atoms with Crippen molar-refractivity contribution in [1.82, 2.24) is 0 Å². The number of nitrogens with two attached hydrogens (primary N) is 1. The molecule has 3 N–H and O–H groups in total. The Balaban J connectivity index is 1.94. The van der Waals surface area contributed by atoms with Crippen LogP contribution in [-0.2, 0) is 4.79 Å². The predicted octanol–water partition coefficient (Wildman–Crippen LogP) is 4.42. The molecule has 104 valence electrons. The van der Waals surface area contributed by atoms with E-state index in [-0.39, 0.29) is 11.7 Å². The van der Waals surface area contributed by atoms with Crippen LogP contribution in [0.2, 0.25) is 5.02 Å². The van der Waals surface area contributed by atoms with Crippen LogP contribution in [0.25, 0.3) is 0 Å². The van der Waals surface area contributed by atoms with Gasteiger partial charge >= 0.3 is 0 Å². The summed E-state index contributed by atoms with van der Waals surface area (Å²) in [5.41, 5.74) is 7.14. The van der Waals surface area contributed by atoms with Gasteiger partial charge < -0.3 is 11.1 Å². The molecule has 0 radical (unpaired) electrons. The van der Waals surface area contributed by atoms with E-state index in [1.807, 2.05) is 30.3 Å². The summed E-state index contributed by atoms with van der Waals surface area (Å²) in [7, 11) is 0. The second-order valence-corrected chi connectivity index (χ2v) is 6.34. The maximum absolute atomic E-state index is 11.9. The first-order valence-corrected chi connectivity index (χ1v) is 7.94.